The van der Waals surface area contributed by atoms with E-state index in [0.29, 0.717) is 12.3 Å². The van der Waals surface area contributed by atoms with Gasteiger partial charge in [-0.2, -0.15) is 0 Å². The van der Waals surface area contributed by atoms with Gasteiger partial charge in [0, 0.05) is 16.0 Å². The van der Waals surface area contributed by atoms with Gasteiger partial charge < -0.3 is 9.32 Å². The van der Waals surface area contributed by atoms with E-state index >= 15 is 0 Å². The molecule has 0 aliphatic rings. The van der Waals surface area contributed by atoms with Crippen LogP contribution >= 0.6 is 11.3 Å². The summed E-state index contributed by atoms with van der Waals surface area (Å²) in [6, 6.07) is 23.2. The van der Waals surface area contributed by atoms with Crippen LogP contribution in [0.2, 0.25) is 0 Å². The summed E-state index contributed by atoms with van der Waals surface area (Å²) in [6.07, 6.45) is 0. The van der Waals surface area contributed by atoms with Crippen molar-refractivity contribution in [2.45, 2.75) is 6.54 Å². The molecule has 2 heterocycles. The first-order valence-electron chi connectivity index (χ1n) is 7.69. The predicted octanol–water partition coefficient (Wildman–Crippen LogP) is 5.34. The third-order valence-corrected chi connectivity index (χ3v) is 4.70. The molecule has 4 heteroatoms. The van der Waals surface area contributed by atoms with Crippen molar-refractivity contribution in [3.05, 3.63) is 88.8 Å². The summed E-state index contributed by atoms with van der Waals surface area (Å²) in [5, 5.41) is 2.95. The summed E-state index contributed by atoms with van der Waals surface area (Å²) in [5.74, 6) is 0.224. The highest BCUT2D eigenvalue weighted by atomic mass is 32.1. The van der Waals surface area contributed by atoms with Crippen molar-refractivity contribution >= 4 is 33.9 Å². The van der Waals surface area contributed by atoms with Crippen LogP contribution in [0.1, 0.15) is 15.4 Å². The topological polar surface area (TPSA) is 33.5 Å². The predicted molar refractivity (Wildman–Crippen MR) is 97.5 cm³/mol. The number of nitrogens with zero attached hydrogens (tertiary/aromatic N) is 1. The molecular weight excluding hydrogens is 318 g/mol. The second-order valence-corrected chi connectivity index (χ2v) is 6.49. The maximum Gasteiger partial charge on any atom is 0.294 e. The Morgan fingerprint density at radius 2 is 1.75 bits per heavy atom. The Bertz CT molecular complexity index is 925. The lowest BCUT2D eigenvalue weighted by Crippen LogP contribution is -2.29. The number of furan rings is 1. The van der Waals surface area contributed by atoms with Crippen molar-refractivity contribution in [3.8, 4) is 0 Å². The minimum Gasteiger partial charge on any atom is -0.451 e. The minimum absolute atomic E-state index is 0.134. The number of carbonyl (C=O) groups is 1. The molecule has 0 spiro atoms. The summed E-state index contributed by atoms with van der Waals surface area (Å²) >= 11 is 1.64. The van der Waals surface area contributed by atoms with E-state index in [1.807, 2.05) is 78.2 Å². The first-order chi connectivity index (χ1) is 11.8. The normalized spacial score (nSPS) is 10.8. The molecule has 0 aliphatic heterocycles. The van der Waals surface area contributed by atoms with Gasteiger partial charge in [0.1, 0.15) is 5.58 Å². The van der Waals surface area contributed by atoms with E-state index in [9.17, 15) is 4.79 Å². The fraction of sp³-hybridized carbons (Fsp3) is 0.0500. The van der Waals surface area contributed by atoms with Gasteiger partial charge in [-0.3, -0.25) is 4.79 Å². The molecule has 0 unspecified atom stereocenters. The van der Waals surface area contributed by atoms with Crippen molar-refractivity contribution in [2.75, 3.05) is 4.90 Å². The number of fused-ring (bicyclic) bond motifs is 1. The van der Waals surface area contributed by atoms with Crippen molar-refractivity contribution in [1.29, 1.82) is 0 Å². The minimum atomic E-state index is -0.134. The van der Waals surface area contributed by atoms with Gasteiger partial charge in [-0.15, -0.1) is 11.3 Å². The molecule has 118 valence electrons. The van der Waals surface area contributed by atoms with E-state index in [4.69, 9.17) is 4.42 Å². The number of hydrogen-bond donors (Lipinski definition) is 0. The van der Waals surface area contributed by atoms with Crippen LogP contribution in [0, 0.1) is 0 Å². The van der Waals surface area contributed by atoms with Gasteiger partial charge in [-0.25, -0.2) is 0 Å². The van der Waals surface area contributed by atoms with Crippen molar-refractivity contribution in [2.24, 2.45) is 0 Å². The van der Waals surface area contributed by atoms with E-state index in [0.717, 1.165) is 21.5 Å². The summed E-state index contributed by atoms with van der Waals surface area (Å²) in [4.78, 5) is 16.0. The zero-order valence-corrected chi connectivity index (χ0v) is 13.7. The molecule has 0 radical (unpaired) electrons. The molecule has 0 atom stereocenters. The highest BCUT2D eigenvalue weighted by Gasteiger charge is 2.22. The first-order valence-corrected chi connectivity index (χ1v) is 8.57. The Kier molecular flexibility index (Phi) is 3.89. The molecule has 4 rings (SSSR count). The Hall–Kier alpha value is -2.85. The maximum absolute atomic E-state index is 13.1. The fourth-order valence-corrected chi connectivity index (χ4v) is 3.36. The van der Waals surface area contributed by atoms with Crippen LogP contribution in [0.25, 0.3) is 11.0 Å². The van der Waals surface area contributed by atoms with E-state index in [1.54, 1.807) is 16.2 Å². The van der Waals surface area contributed by atoms with E-state index in [-0.39, 0.29) is 5.91 Å². The van der Waals surface area contributed by atoms with Crippen LogP contribution in [-0.2, 0) is 6.54 Å². The molecule has 0 saturated carbocycles. The van der Waals surface area contributed by atoms with Crippen molar-refractivity contribution in [1.82, 2.24) is 0 Å². The Labute approximate surface area is 143 Å². The summed E-state index contributed by atoms with van der Waals surface area (Å²) in [5.41, 5.74) is 1.58. The fourth-order valence-electron chi connectivity index (χ4n) is 2.67. The Balaban J connectivity index is 1.73. The molecule has 4 aromatic rings. The van der Waals surface area contributed by atoms with Gasteiger partial charge in [-0.1, -0.05) is 42.5 Å². The largest absolute Gasteiger partial charge is 0.451 e. The summed E-state index contributed by atoms with van der Waals surface area (Å²) in [6.45, 7) is 0.525. The molecule has 3 nitrogen and oxygen atoms in total. The van der Waals surface area contributed by atoms with Crippen LogP contribution in [0.5, 0.6) is 0 Å². The highest BCUT2D eigenvalue weighted by molar-refractivity contribution is 7.09. The van der Waals surface area contributed by atoms with Crippen LogP contribution in [0.15, 0.2) is 82.6 Å². The van der Waals surface area contributed by atoms with Crippen molar-refractivity contribution in [3.63, 3.8) is 0 Å². The molecule has 0 aliphatic carbocycles. The molecule has 0 fully saturated rings. The SMILES string of the molecule is O=C(c1cc2ccccc2o1)N(Cc1cccs1)c1ccccc1. The van der Waals surface area contributed by atoms with Crippen LogP contribution in [-0.4, -0.2) is 5.91 Å². The van der Waals surface area contributed by atoms with Gasteiger partial charge in [-0.05, 0) is 35.7 Å². The molecule has 2 aromatic carbocycles. The second kappa shape index (κ2) is 6.34. The third kappa shape index (κ3) is 2.84. The molecule has 2 aromatic heterocycles. The Morgan fingerprint density at radius 3 is 2.50 bits per heavy atom. The first kappa shape index (κ1) is 14.7. The zero-order valence-electron chi connectivity index (χ0n) is 12.9. The van der Waals surface area contributed by atoms with Gasteiger partial charge in [0.15, 0.2) is 5.76 Å². The second-order valence-electron chi connectivity index (χ2n) is 5.45. The van der Waals surface area contributed by atoms with E-state index in [1.165, 1.54) is 0 Å². The number of anilines is 1. The quantitative estimate of drug-likeness (QED) is 0.505. The standard InChI is InChI=1S/C20H15NO2S/c22-20(19-13-15-7-4-5-11-18(15)23-19)21(14-17-10-6-12-24-17)16-8-2-1-3-9-16/h1-13H,14H2. The highest BCUT2D eigenvalue weighted by Crippen LogP contribution is 2.25. The van der Waals surface area contributed by atoms with Crippen molar-refractivity contribution < 1.29 is 9.21 Å². The molecule has 24 heavy (non-hydrogen) atoms. The smallest absolute Gasteiger partial charge is 0.294 e. The van der Waals surface area contributed by atoms with Crippen LogP contribution < -0.4 is 4.90 Å². The van der Waals surface area contributed by atoms with Gasteiger partial charge in [0.05, 0.1) is 6.54 Å². The molecular formula is C20H15NO2S. The average molecular weight is 333 g/mol. The number of rotatable bonds is 4. The maximum atomic E-state index is 13.1. The lowest BCUT2D eigenvalue weighted by Gasteiger charge is -2.21. The number of thiophene rings is 1. The molecule has 0 saturated heterocycles. The number of carbonyl (C=O) groups excluding carboxylic acids is 1. The lowest BCUT2D eigenvalue weighted by atomic mass is 10.2. The zero-order chi connectivity index (χ0) is 16.4. The van der Waals surface area contributed by atoms with Gasteiger partial charge in [0.2, 0.25) is 0 Å². The van der Waals surface area contributed by atoms with Crippen LogP contribution in [0.4, 0.5) is 5.69 Å². The van der Waals surface area contributed by atoms with Gasteiger partial charge in [0.25, 0.3) is 5.91 Å². The van der Waals surface area contributed by atoms with Crippen LogP contribution in [0.3, 0.4) is 0 Å². The molecule has 1 amide bonds. The number of hydrogen-bond acceptors (Lipinski definition) is 3. The summed E-state index contributed by atoms with van der Waals surface area (Å²) < 4.78 is 5.76. The Morgan fingerprint density at radius 1 is 0.958 bits per heavy atom. The van der Waals surface area contributed by atoms with Gasteiger partial charge >= 0.3 is 0 Å². The number of benzene rings is 2. The third-order valence-electron chi connectivity index (χ3n) is 3.84. The van der Waals surface area contributed by atoms with E-state index < -0.39 is 0 Å². The average Bonchev–Trinajstić information content (AvgIpc) is 3.29. The lowest BCUT2D eigenvalue weighted by molar-refractivity contribution is 0.0961. The molecule has 0 bridgehead atoms. The summed E-state index contributed by atoms with van der Waals surface area (Å²) in [7, 11) is 0. The number of amides is 1. The van der Waals surface area contributed by atoms with E-state index in [2.05, 4.69) is 0 Å². The number of para-hydroxylation sites is 2. The monoisotopic (exact) mass is 333 g/mol. The molecule has 0 N–H and O–H groups in total.